The molecule has 1 aromatic carbocycles. The van der Waals surface area contributed by atoms with Crippen molar-refractivity contribution in [3.8, 4) is 6.31 Å². The first-order chi connectivity index (χ1) is 4.93. The molecule has 1 aromatic rings. The van der Waals surface area contributed by atoms with Gasteiger partial charge in [-0.15, -0.1) is 0 Å². The Kier molecular flexibility index (Phi) is 4.19. The van der Waals surface area contributed by atoms with Crippen LogP contribution in [-0.2, 0) is 0 Å². The maximum absolute atomic E-state index is 11.6. The first kappa shape index (κ1) is 8.38. The standard InChI is InChI=1S/C8H5FXe/c9-10-7-6-8-4-2-1-3-5-8/h1-5H. The summed E-state index contributed by atoms with van der Waals surface area (Å²) in [5.41, 5.74) is 0.884. The molecule has 0 unspecified atom stereocenters. The quantitative estimate of drug-likeness (QED) is 0.618. The van der Waals surface area contributed by atoms with Crippen molar-refractivity contribution in [1.82, 2.24) is 0 Å². The summed E-state index contributed by atoms with van der Waals surface area (Å²) in [6.07, 6.45) is 0. The van der Waals surface area contributed by atoms with Gasteiger partial charge in [0.2, 0.25) is 0 Å². The van der Waals surface area contributed by atoms with Crippen LogP contribution in [0.2, 0.25) is 0 Å². The van der Waals surface area contributed by atoms with Crippen LogP contribution in [-0.4, -0.2) is 0 Å². The predicted molar refractivity (Wildman–Crippen MR) is 34.4 cm³/mol. The molecule has 0 aromatic heterocycles. The van der Waals surface area contributed by atoms with Crippen molar-refractivity contribution in [2.45, 2.75) is 0 Å². The summed E-state index contributed by atoms with van der Waals surface area (Å²) in [6.45, 7) is 0. The molecule has 0 bridgehead atoms. The molecule has 1 rings (SSSR count). The van der Waals surface area contributed by atoms with Crippen LogP contribution in [0.15, 0.2) is 30.3 Å². The fourth-order valence-electron chi connectivity index (χ4n) is 0.589. The van der Waals surface area contributed by atoms with E-state index >= 15 is 0 Å². The van der Waals surface area contributed by atoms with Crippen molar-refractivity contribution in [2.75, 3.05) is 0 Å². The van der Waals surface area contributed by atoms with Crippen LogP contribution in [0, 0.1) is 51.4 Å². The fraction of sp³-hybridized carbons (Fsp3) is 0. The first-order valence-electron chi connectivity index (χ1n) is 2.72. The molecular weight excluding hydrogens is 246 g/mol. The Morgan fingerprint density at radius 3 is 2.50 bits per heavy atom. The number of hydrogen-bond donors (Lipinski definition) is 0. The number of halogens is 1. The zero-order valence-electron chi connectivity index (χ0n) is 5.12. The summed E-state index contributed by atoms with van der Waals surface area (Å²) in [7, 11) is 0. The molecule has 0 aliphatic rings. The van der Waals surface area contributed by atoms with Crippen molar-refractivity contribution < 1.29 is 45.2 Å². The maximum atomic E-state index is 11.6. The molecule has 0 saturated heterocycles. The molecule has 0 radical (unpaired) electrons. The molecule has 0 aliphatic heterocycles. The summed E-state index contributed by atoms with van der Waals surface area (Å²) in [5.74, 6) is 2.71. The van der Waals surface area contributed by atoms with Crippen molar-refractivity contribution >= 4 is 0 Å². The summed E-state index contributed by atoms with van der Waals surface area (Å²) in [4.78, 5) is 0. The number of benzene rings is 1. The summed E-state index contributed by atoms with van der Waals surface area (Å²) in [6, 6.07) is 9.41. The van der Waals surface area contributed by atoms with Crippen LogP contribution in [0.1, 0.15) is 5.56 Å². The fourth-order valence-corrected chi connectivity index (χ4v) is 0.976. The second-order valence-electron chi connectivity index (χ2n) is 1.65. The van der Waals surface area contributed by atoms with Crippen molar-refractivity contribution in [2.24, 2.45) is 0 Å². The van der Waals surface area contributed by atoms with Gasteiger partial charge in [-0.2, -0.15) is 0 Å². The van der Waals surface area contributed by atoms with Crippen molar-refractivity contribution in [3.63, 3.8) is 0 Å². The molecule has 0 nitrogen and oxygen atoms in total. The van der Waals surface area contributed by atoms with Gasteiger partial charge in [-0.3, -0.25) is 0 Å². The second-order valence-corrected chi connectivity index (χ2v) is 2.53. The third-order valence-electron chi connectivity index (χ3n) is 0.996. The molecule has 0 atom stereocenters. The van der Waals surface area contributed by atoms with E-state index in [2.05, 4.69) is 6.31 Å². The molecular formula is C8H5FXe. The normalized spacial score (nSPS) is 8.50. The van der Waals surface area contributed by atoms with Gasteiger partial charge in [0, 0.05) is 0 Å². The number of hydrogen-bond acceptors (Lipinski definition) is 0. The Morgan fingerprint density at radius 2 is 1.90 bits per heavy atom. The minimum atomic E-state index is -1.23. The average Bonchev–Trinajstić information content (AvgIpc) is 2.03. The van der Waals surface area contributed by atoms with Crippen LogP contribution >= 0.6 is 0 Å². The van der Waals surface area contributed by atoms with E-state index in [1.54, 1.807) is 0 Å². The molecule has 10 heavy (non-hydrogen) atoms. The predicted octanol–water partition coefficient (Wildman–Crippen LogP) is 1.97. The molecule has 0 heterocycles. The van der Waals surface area contributed by atoms with Gasteiger partial charge in [-0.05, 0) is 0 Å². The Balaban J connectivity index is 2.76. The van der Waals surface area contributed by atoms with Crippen molar-refractivity contribution in [1.29, 1.82) is 0 Å². The van der Waals surface area contributed by atoms with E-state index in [-0.39, 0.29) is 0 Å². The van der Waals surface area contributed by atoms with E-state index in [9.17, 15) is 0.0835 Å². The number of rotatable bonds is 0. The van der Waals surface area contributed by atoms with Gasteiger partial charge < -0.3 is 0 Å². The molecule has 0 N–H and O–H groups in total. The SMILES string of the molecule is F[Xe]C#Cc1ccccc1. The van der Waals surface area contributed by atoms with Crippen LogP contribution in [0.3, 0.4) is 0 Å². The van der Waals surface area contributed by atoms with Crippen LogP contribution in [0.4, 0.5) is 0.0835 Å². The molecule has 2 heteroatoms. The second kappa shape index (κ2) is 5.00. The summed E-state index contributed by atoms with van der Waals surface area (Å²) >= 11 is -1.23. The van der Waals surface area contributed by atoms with E-state index in [1.807, 2.05) is 30.3 Å². The van der Waals surface area contributed by atoms with E-state index in [0.717, 1.165) is 5.56 Å². The van der Waals surface area contributed by atoms with Gasteiger partial charge in [0.05, 0.1) is 0 Å². The van der Waals surface area contributed by atoms with E-state index < -0.39 is 45.1 Å². The van der Waals surface area contributed by atoms with E-state index in [1.165, 1.54) is 0 Å². The summed E-state index contributed by atoms with van der Waals surface area (Å²) in [5, 5.41) is 0. The van der Waals surface area contributed by atoms with Crippen LogP contribution in [0.5, 0.6) is 0 Å². The zero-order valence-corrected chi connectivity index (χ0v) is 7.14. The van der Waals surface area contributed by atoms with Crippen LogP contribution < -0.4 is 0 Å². The Bertz CT molecular complexity index is 245. The first-order valence-corrected chi connectivity index (χ1v) is 4.49. The van der Waals surface area contributed by atoms with Gasteiger partial charge >= 0.3 is 87.4 Å². The van der Waals surface area contributed by atoms with Crippen LogP contribution in [0.25, 0.3) is 0 Å². The topological polar surface area (TPSA) is 0 Å². The minimum absolute atomic E-state index is 0.884. The van der Waals surface area contributed by atoms with Gasteiger partial charge in [0.25, 0.3) is 0 Å². The molecule has 0 fully saturated rings. The molecule has 0 spiro atoms. The Hall–Kier alpha value is 0.281. The third-order valence-corrected chi connectivity index (χ3v) is 1.44. The van der Waals surface area contributed by atoms with Gasteiger partial charge in [0.1, 0.15) is 0 Å². The molecule has 0 aliphatic carbocycles. The van der Waals surface area contributed by atoms with E-state index in [0.29, 0.717) is 0 Å². The Labute approximate surface area is 86.0 Å². The average molecular weight is 251 g/mol. The molecule has 52 valence electrons. The summed E-state index contributed by atoms with van der Waals surface area (Å²) < 4.78 is 14.0. The molecule has 0 saturated carbocycles. The van der Waals surface area contributed by atoms with Crippen molar-refractivity contribution in [3.05, 3.63) is 35.9 Å². The third kappa shape index (κ3) is 2.91. The van der Waals surface area contributed by atoms with E-state index in [4.69, 9.17) is 0 Å². The zero-order chi connectivity index (χ0) is 7.23. The van der Waals surface area contributed by atoms with Gasteiger partial charge in [-0.1, -0.05) is 0 Å². The monoisotopic (exact) mass is 252 g/mol. The molecule has 0 amide bonds. The Morgan fingerprint density at radius 1 is 1.20 bits per heavy atom. The van der Waals surface area contributed by atoms with Gasteiger partial charge in [-0.25, -0.2) is 0 Å². The van der Waals surface area contributed by atoms with Gasteiger partial charge in [0.15, 0.2) is 0 Å².